The molecule has 0 aliphatic rings. The fraction of sp³-hybridized carbons (Fsp3) is 0.357. The quantitative estimate of drug-likeness (QED) is 0.442. The second-order valence-corrected chi connectivity index (χ2v) is 5.08. The highest BCUT2D eigenvalue weighted by molar-refractivity contribution is 7.99. The first-order valence-corrected chi connectivity index (χ1v) is 7.39. The summed E-state index contributed by atoms with van der Waals surface area (Å²) in [5.41, 5.74) is 2.00. The number of benzene rings is 1. The van der Waals surface area contributed by atoms with E-state index in [1.165, 1.54) is 0 Å². The zero-order chi connectivity index (χ0) is 13.5. The van der Waals surface area contributed by atoms with Gasteiger partial charge in [0.15, 0.2) is 5.16 Å². The molecule has 4 nitrogen and oxygen atoms in total. The number of hydrogen-bond acceptors (Lipinski definition) is 4. The molecule has 1 aromatic carbocycles. The predicted octanol–water partition coefficient (Wildman–Crippen LogP) is 2.83. The molecule has 0 amide bonds. The zero-order valence-electron chi connectivity index (χ0n) is 11.1. The first-order chi connectivity index (χ1) is 9.33. The van der Waals surface area contributed by atoms with E-state index in [1.807, 2.05) is 31.2 Å². The summed E-state index contributed by atoms with van der Waals surface area (Å²) in [7, 11) is 0. The van der Waals surface area contributed by atoms with Gasteiger partial charge in [-0.2, -0.15) is 0 Å². The average molecular weight is 277 g/mol. The number of aromatic nitrogens is 2. The number of rotatable bonds is 8. The zero-order valence-corrected chi connectivity index (χ0v) is 11.9. The minimum Gasteiger partial charge on any atom is -0.494 e. The normalized spacial score (nSPS) is 10.8. The Balaban J connectivity index is 1.94. The molecule has 2 rings (SSSR count). The van der Waals surface area contributed by atoms with Crippen LogP contribution in [0.5, 0.6) is 5.75 Å². The third-order valence-electron chi connectivity index (χ3n) is 2.55. The molecule has 1 heterocycles. The van der Waals surface area contributed by atoms with Crippen LogP contribution >= 0.6 is 11.8 Å². The molecule has 0 aliphatic carbocycles. The molecule has 0 bridgehead atoms. The van der Waals surface area contributed by atoms with Crippen LogP contribution in [0.1, 0.15) is 6.92 Å². The minimum atomic E-state index is 0.677. The number of H-pyrrole nitrogens is 1. The molecule has 19 heavy (non-hydrogen) atoms. The van der Waals surface area contributed by atoms with Gasteiger partial charge in [-0.3, -0.25) is 0 Å². The Morgan fingerprint density at radius 3 is 3.21 bits per heavy atom. The molecule has 102 valence electrons. The summed E-state index contributed by atoms with van der Waals surface area (Å²) in [4.78, 5) is 7.84. The van der Waals surface area contributed by atoms with Crippen LogP contribution < -0.4 is 10.1 Å². The lowest BCUT2D eigenvalue weighted by Crippen LogP contribution is -2.16. The topological polar surface area (TPSA) is 49.9 Å². The number of thioether (sulfide) groups is 1. The summed E-state index contributed by atoms with van der Waals surface area (Å²) in [6, 6.07) is 5.93. The third kappa shape index (κ3) is 4.01. The van der Waals surface area contributed by atoms with Gasteiger partial charge in [0.1, 0.15) is 5.75 Å². The van der Waals surface area contributed by atoms with E-state index in [0.29, 0.717) is 6.61 Å². The highest BCUT2D eigenvalue weighted by atomic mass is 32.2. The van der Waals surface area contributed by atoms with Crippen LogP contribution in [0.25, 0.3) is 11.0 Å². The van der Waals surface area contributed by atoms with Crippen molar-refractivity contribution in [3.63, 3.8) is 0 Å². The molecule has 0 saturated carbocycles. The van der Waals surface area contributed by atoms with Gasteiger partial charge >= 0.3 is 0 Å². The van der Waals surface area contributed by atoms with Crippen LogP contribution in [0, 0.1) is 0 Å². The highest BCUT2D eigenvalue weighted by Gasteiger charge is 2.04. The summed E-state index contributed by atoms with van der Waals surface area (Å²) < 4.78 is 5.47. The summed E-state index contributed by atoms with van der Waals surface area (Å²) >= 11 is 1.71. The first-order valence-electron chi connectivity index (χ1n) is 6.40. The van der Waals surface area contributed by atoms with Crippen molar-refractivity contribution in [1.29, 1.82) is 0 Å². The van der Waals surface area contributed by atoms with E-state index < -0.39 is 0 Å². The maximum atomic E-state index is 5.47. The monoisotopic (exact) mass is 277 g/mol. The van der Waals surface area contributed by atoms with Crippen molar-refractivity contribution in [2.24, 2.45) is 0 Å². The molecule has 0 radical (unpaired) electrons. The number of nitrogens with zero attached hydrogens (tertiary/aromatic N) is 1. The summed E-state index contributed by atoms with van der Waals surface area (Å²) in [6.45, 7) is 8.11. The van der Waals surface area contributed by atoms with Gasteiger partial charge in [0.05, 0.1) is 17.6 Å². The molecular formula is C14H19N3OS. The molecule has 0 aliphatic heterocycles. The van der Waals surface area contributed by atoms with Gasteiger partial charge in [0.25, 0.3) is 0 Å². The van der Waals surface area contributed by atoms with Crippen LogP contribution in [0.4, 0.5) is 0 Å². The lowest BCUT2D eigenvalue weighted by Gasteiger charge is -2.00. The van der Waals surface area contributed by atoms with Crippen molar-refractivity contribution in [1.82, 2.24) is 15.3 Å². The van der Waals surface area contributed by atoms with Crippen molar-refractivity contribution < 1.29 is 4.74 Å². The third-order valence-corrected chi connectivity index (χ3v) is 3.42. The van der Waals surface area contributed by atoms with E-state index in [-0.39, 0.29) is 0 Å². The van der Waals surface area contributed by atoms with E-state index in [9.17, 15) is 0 Å². The highest BCUT2D eigenvalue weighted by Crippen LogP contribution is 2.22. The maximum Gasteiger partial charge on any atom is 0.166 e. The lowest BCUT2D eigenvalue weighted by atomic mass is 10.3. The Kier molecular flexibility index (Phi) is 5.30. The lowest BCUT2D eigenvalue weighted by molar-refractivity contribution is 0.340. The van der Waals surface area contributed by atoms with Gasteiger partial charge in [0.2, 0.25) is 0 Å². The van der Waals surface area contributed by atoms with Crippen molar-refractivity contribution in [2.75, 3.05) is 25.4 Å². The number of aromatic amines is 1. The molecular weight excluding hydrogens is 258 g/mol. The number of hydrogen-bond donors (Lipinski definition) is 2. The van der Waals surface area contributed by atoms with Gasteiger partial charge < -0.3 is 15.0 Å². The molecule has 0 unspecified atom stereocenters. The largest absolute Gasteiger partial charge is 0.494 e. The van der Waals surface area contributed by atoms with Gasteiger partial charge in [-0.25, -0.2) is 4.98 Å². The first kappa shape index (κ1) is 14.0. The SMILES string of the molecule is C=CCNCCSc1nc2ccc(OCC)cc2[nH]1. The minimum absolute atomic E-state index is 0.677. The number of fused-ring (bicyclic) bond motifs is 1. The van der Waals surface area contributed by atoms with Crippen LogP contribution in [-0.4, -0.2) is 35.4 Å². The Morgan fingerprint density at radius 2 is 2.42 bits per heavy atom. The fourth-order valence-electron chi connectivity index (χ4n) is 1.71. The number of imidazole rings is 1. The maximum absolute atomic E-state index is 5.47. The smallest absolute Gasteiger partial charge is 0.166 e. The van der Waals surface area contributed by atoms with Crippen LogP contribution in [-0.2, 0) is 0 Å². The van der Waals surface area contributed by atoms with Gasteiger partial charge in [-0.1, -0.05) is 17.8 Å². The molecule has 0 fully saturated rings. The Hall–Kier alpha value is -1.46. The van der Waals surface area contributed by atoms with Crippen LogP contribution in [0.2, 0.25) is 0 Å². The van der Waals surface area contributed by atoms with Crippen molar-refractivity contribution >= 4 is 22.8 Å². The van der Waals surface area contributed by atoms with E-state index in [1.54, 1.807) is 11.8 Å². The average Bonchev–Trinajstić information content (AvgIpc) is 2.81. The molecule has 2 aromatic rings. The van der Waals surface area contributed by atoms with E-state index >= 15 is 0 Å². The Morgan fingerprint density at radius 1 is 1.53 bits per heavy atom. The predicted molar refractivity (Wildman–Crippen MR) is 81.1 cm³/mol. The molecule has 0 spiro atoms. The molecule has 0 atom stereocenters. The number of ether oxygens (including phenoxy) is 1. The molecule has 1 aromatic heterocycles. The second kappa shape index (κ2) is 7.21. The van der Waals surface area contributed by atoms with Crippen molar-refractivity contribution in [2.45, 2.75) is 12.1 Å². The van der Waals surface area contributed by atoms with E-state index in [0.717, 1.165) is 40.8 Å². The molecule has 0 saturated heterocycles. The van der Waals surface area contributed by atoms with Crippen LogP contribution in [0.15, 0.2) is 36.0 Å². The Labute approximate surface area is 117 Å². The van der Waals surface area contributed by atoms with Gasteiger partial charge in [0, 0.05) is 24.9 Å². The van der Waals surface area contributed by atoms with Gasteiger partial charge in [-0.05, 0) is 19.1 Å². The second-order valence-electron chi connectivity index (χ2n) is 4.00. The Bertz CT molecular complexity index is 538. The standard InChI is InChI=1S/C14H19N3OS/c1-3-7-15-8-9-19-14-16-12-6-5-11(18-4-2)10-13(12)17-14/h3,5-6,10,15H,1,4,7-9H2,2H3,(H,16,17). The van der Waals surface area contributed by atoms with Crippen molar-refractivity contribution in [3.8, 4) is 5.75 Å². The summed E-state index contributed by atoms with van der Waals surface area (Å²) in [5, 5.41) is 4.21. The van der Waals surface area contributed by atoms with Gasteiger partial charge in [-0.15, -0.1) is 6.58 Å². The van der Waals surface area contributed by atoms with Crippen LogP contribution in [0.3, 0.4) is 0 Å². The number of nitrogens with one attached hydrogen (secondary N) is 2. The fourth-order valence-corrected chi connectivity index (χ4v) is 2.50. The summed E-state index contributed by atoms with van der Waals surface area (Å²) in [6.07, 6.45) is 1.86. The van der Waals surface area contributed by atoms with Crippen molar-refractivity contribution in [3.05, 3.63) is 30.9 Å². The summed E-state index contributed by atoms with van der Waals surface area (Å²) in [5.74, 6) is 1.86. The van der Waals surface area contributed by atoms with E-state index in [2.05, 4.69) is 21.9 Å². The molecule has 5 heteroatoms. The molecule has 2 N–H and O–H groups in total. The van der Waals surface area contributed by atoms with E-state index in [4.69, 9.17) is 4.74 Å².